The van der Waals surface area contributed by atoms with Gasteiger partial charge in [-0.25, -0.2) is 9.59 Å². The average Bonchev–Trinajstić information content (AvgIpc) is 2.71. The third-order valence-corrected chi connectivity index (χ3v) is 6.28. The Morgan fingerprint density at radius 1 is 1.19 bits per heavy atom. The summed E-state index contributed by atoms with van der Waals surface area (Å²) in [6.45, 7) is 6.08. The molecule has 2 N–H and O–H groups in total. The van der Waals surface area contributed by atoms with Crippen molar-refractivity contribution in [2.45, 2.75) is 96.2 Å². The summed E-state index contributed by atoms with van der Waals surface area (Å²) >= 11 is 0. The van der Waals surface area contributed by atoms with Crippen LogP contribution in [0.2, 0.25) is 0 Å². The summed E-state index contributed by atoms with van der Waals surface area (Å²) in [6.07, 6.45) is 9.75. The van der Waals surface area contributed by atoms with E-state index < -0.39 is 12.0 Å². The summed E-state index contributed by atoms with van der Waals surface area (Å²) in [5.41, 5.74) is 3.59. The molecule has 2 aliphatic carbocycles. The zero-order chi connectivity index (χ0) is 23.1. The van der Waals surface area contributed by atoms with Crippen LogP contribution in [0.25, 0.3) is 0 Å². The van der Waals surface area contributed by atoms with Crippen LogP contribution >= 0.6 is 0 Å². The summed E-state index contributed by atoms with van der Waals surface area (Å²) in [5, 5.41) is 5.49. The summed E-state index contributed by atoms with van der Waals surface area (Å²) in [4.78, 5) is 29.0. The highest BCUT2D eigenvalue weighted by Gasteiger charge is 2.30. The average molecular weight is 446 g/mol. The van der Waals surface area contributed by atoms with E-state index in [2.05, 4.69) is 22.8 Å². The summed E-state index contributed by atoms with van der Waals surface area (Å²) in [5.74, 6) is 0.214. The fourth-order valence-electron chi connectivity index (χ4n) is 4.44. The lowest BCUT2D eigenvalue weighted by atomic mass is 9.79. The van der Waals surface area contributed by atoms with Crippen LogP contribution in [0.1, 0.15) is 76.2 Å². The minimum Gasteiger partial charge on any atom is -0.467 e. The van der Waals surface area contributed by atoms with Crippen molar-refractivity contribution in [2.24, 2.45) is 5.92 Å². The van der Waals surface area contributed by atoms with Gasteiger partial charge in [0, 0.05) is 30.0 Å². The number of amides is 2. The predicted octanol–water partition coefficient (Wildman–Crippen LogP) is 3.72. The normalized spacial score (nSPS) is 21.1. The van der Waals surface area contributed by atoms with Crippen LogP contribution in [0.3, 0.4) is 0 Å². The number of carbonyl (C=O) groups is 2. The van der Waals surface area contributed by atoms with Crippen LogP contribution in [0.5, 0.6) is 0 Å². The highest BCUT2D eigenvalue weighted by atomic mass is 16.5. The molecule has 1 heterocycles. The molecule has 0 aliphatic heterocycles. The number of aromatic nitrogens is 1. The van der Waals surface area contributed by atoms with Gasteiger partial charge in [0.25, 0.3) is 0 Å². The Balaban J connectivity index is 1.33. The molecule has 1 unspecified atom stereocenters. The van der Waals surface area contributed by atoms with Crippen molar-refractivity contribution in [3.8, 4) is 0 Å². The molecule has 178 valence electrons. The van der Waals surface area contributed by atoms with Crippen LogP contribution in [0.4, 0.5) is 4.79 Å². The smallest absolute Gasteiger partial charge is 0.328 e. The van der Waals surface area contributed by atoms with E-state index in [-0.39, 0.29) is 17.7 Å². The van der Waals surface area contributed by atoms with Gasteiger partial charge in [0.05, 0.1) is 13.2 Å². The van der Waals surface area contributed by atoms with Crippen LogP contribution in [-0.2, 0) is 33.5 Å². The van der Waals surface area contributed by atoms with Gasteiger partial charge in [-0.15, -0.1) is 0 Å². The lowest BCUT2D eigenvalue weighted by Crippen LogP contribution is -2.52. The van der Waals surface area contributed by atoms with Gasteiger partial charge in [-0.2, -0.15) is 0 Å². The van der Waals surface area contributed by atoms with Crippen LogP contribution in [0, 0.1) is 5.92 Å². The van der Waals surface area contributed by atoms with Gasteiger partial charge in [-0.3, -0.25) is 4.98 Å². The van der Waals surface area contributed by atoms with Crippen molar-refractivity contribution in [3.05, 3.63) is 29.1 Å². The van der Waals surface area contributed by atoms with Gasteiger partial charge in [-0.05, 0) is 89.7 Å². The molecular formula is C25H39N3O4. The molecule has 2 amide bonds. The lowest BCUT2D eigenvalue weighted by molar-refractivity contribution is -0.143. The molecule has 0 spiro atoms. The van der Waals surface area contributed by atoms with E-state index in [0.717, 1.165) is 32.1 Å². The molecular weight excluding hydrogens is 406 g/mol. The minimum atomic E-state index is -0.715. The number of hydrogen-bond donors (Lipinski definition) is 2. The first kappa shape index (κ1) is 24.5. The summed E-state index contributed by atoms with van der Waals surface area (Å²) in [6, 6.07) is 3.38. The number of fused-ring (bicyclic) bond motifs is 1. The molecule has 3 rings (SSSR count). The number of methoxy groups -OCH3 is 1. The second-order valence-corrected chi connectivity index (χ2v) is 10.2. The predicted molar refractivity (Wildman–Crippen MR) is 124 cm³/mol. The number of carbonyl (C=O) groups excluding carboxylic acids is 2. The van der Waals surface area contributed by atoms with Crippen molar-refractivity contribution < 1.29 is 19.1 Å². The van der Waals surface area contributed by atoms with Gasteiger partial charge in [0.15, 0.2) is 0 Å². The first-order valence-corrected chi connectivity index (χ1v) is 12.0. The highest BCUT2D eigenvalue weighted by Crippen LogP contribution is 2.34. The third kappa shape index (κ3) is 7.47. The Hall–Kier alpha value is -2.15. The van der Waals surface area contributed by atoms with E-state index in [0.29, 0.717) is 18.9 Å². The molecule has 7 nitrogen and oxygen atoms in total. The highest BCUT2D eigenvalue weighted by molar-refractivity contribution is 5.83. The van der Waals surface area contributed by atoms with Crippen LogP contribution in [-0.4, -0.2) is 48.4 Å². The molecule has 1 aromatic heterocycles. The van der Waals surface area contributed by atoms with E-state index >= 15 is 0 Å². The zero-order valence-corrected chi connectivity index (χ0v) is 20.0. The number of nitrogens with one attached hydrogen (secondary N) is 2. The van der Waals surface area contributed by atoms with E-state index in [1.54, 1.807) is 0 Å². The number of hydrogen-bond acceptors (Lipinski definition) is 5. The van der Waals surface area contributed by atoms with Crippen LogP contribution in [0.15, 0.2) is 12.1 Å². The van der Waals surface area contributed by atoms with Crippen LogP contribution < -0.4 is 10.6 Å². The molecule has 1 aromatic rings. The van der Waals surface area contributed by atoms with Crippen molar-refractivity contribution in [1.29, 1.82) is 0 Å². The molecule has 0 radical (unpaired) electrons. The van der Waals surface area contributed by atoms with Crippen molar-refractivity contribution in [2.75, 3.05) is 13.7 Å². The number of urea groups is 1. The van der Waals surface area contributed by atoms with Gasteiger partial charge in [0.2, 0.25) is 0 Å². The van der Waals surface area contributed by atoms with Crippen molar-refractivity contribution in [3.63, 3.8) is 0 Å². The van der Waals surface area contributed by atoms with E-state index in [4.69, 9.17) is 14.5 Å². The minimum absolute atomic E-state index is 0.234. The fraction of sp³-hybridized carbons (Fsp3) is 0.720. The van der Waals surface area contributed by atoms with Crippen molar-refractivity contribution >= 4 is 12.0 Å². The Bertz CT molecular complexity index is 784. The zero-order valence-electron chi connectivity index (χ0n) is 20.0. The van der Waals surface area contributed by atoms with Gasteiger partial charge in [-0.1, -0.05) is 6.07 Å². The standard InChI is InChI=1S/C25H39N3O4/c1-25(2,3)28-24(30)27-22(23(29)31-4)13-14-32-20-15-17(16-20)9-11-19-12-10-18-7-5-6-8-21(18)26-19/h10,12,17,20,22H,5-9,11,13-16H2,1-4H3,(H2,27,28,30). The van der Waals surface area contributed by atoms with E-state index in [1.165, 1.54) is 43.3 Å². The van der Waals surface area contributed by atoms with Gasteiger partial charge < -0.3 is 20.1 Å². The fourth-order valence-corrected chi connectivity index (χ4v) is 4.44. The Labute approximate surface area is 192 Å². The largest absolute Gasteiger partial charge is 0.467 e. The lowest BCUT2D eigenvalue weighted by Gasteiger charge is -2.35. The number of rotatable bonds is 9. The van der Waals surface area contributed by atoms with Gasteiger partial charge in [0.1, 0.15) is 6.04 Å². The summed E-state index contributed by atoms with van der Waals surface area (Å²) < 4.78 is 10.8. The third-order valence-electron chi connectivity index (χ3n) is 6.28. The first-order valence-electron chi connectivity index (χ1n) is 12.0. The molecule has 1 saturated carbocycles. The Morgan fingerprint density at radius 3 is 2.66 bits per heavy atom. The topological polar surface area (TPSA) is 89.6 Å². The van der Waals surface area contributed by atoms with Crippen molar-refractivity contribution in [1.82, 2.24) is 15.6 Å². The first-order chi connectivity index (χ1) is 15.2. The molecule has 0 saturated heterocycles. The molecule has 32 heavy (non-hydrogen) atoms. The maximum Gasteiger partial charge on any atom is 0.328 e. The van der Waals surface area contributed by atoms with E-state index in [1.807, 2.05) is 20.8 Å². The van der Waals surface area contributed by atoms with Gasteiger partial charge >= 0.3 is 12.0 Å². The Kier molecular flexibility index (Phi) is 8.51. The monoisotopic (exact) mass is 445 g/mol. The maximum atomic E-state index is 12.1. The Morgan fingerprint density at radius 2 is 1.94 bits per heavy atom. The molecule has 2 aliphatic rings. The number of nitrogens with zero attached hydrogens (tertiary/aromatic N) is 1. The molecule has 0 aromatic carbocycles. The molecule has 7 heteroatoms. The number of ether oxygens (including phenoxy) is 2. The second kappa shape index (κ2) is 11.1. The second-order valence-electron chi connectivity index (χ2n) is 10.2. The number of aryl methyl sites for hydroxylation is 3. The number of esters is 1. The maximum absolute atomic E-state index is 12.1. The quantitative estimate of drug-likeness (QED) is 0.566. The molecule has 1 atom stereocenters. The molecule has 1 fully saturated rings. The summed E-state index contributed by atoms with van der Waals surface area (Å²) in [7, 11) is 1.33. The SMILES string of the molecule is COC(=O)C(CCOC1CC(CCc2ccc3c(n2)CCCC3)C1)NC(=O)NC(C)(C)C. The van der Waals surface area contributed by atoms with E-state index in [9.17, 15) is 9.59 Å². The number of pyridine rings is 1. The molecule has 0 bridgehead atoms.